The average molecular weight is 233 g/mol. The molecule has 1 fully saturated rings. The van der Waals surface area contributed by atoms with Gasteiger partial charge in [-0.1, -0.05) is 18.0 Å². The fraction of sp³-hybridized carbons (Fsp3) is 0.500. The van der Waals surface area contributed by atoms with Gasteiger partial charge in [0.05, 0.1) is 17.7 Å². The number of aliphatic hydroxyl groups excluding tert-OH is 1. The van der Waals surface area contributed by atoms with E-state index < -0.39 is 0 Å². The summed E-state index contributed by atoms with van der Waals surface area (Å²) in [6, 6.07) is 3.78. The van der Waals surface area contributed by atoms with Gasteiger partial charge in [0.2, 0.25) is 11.7 Å². The minimum Gasteiger partial charge on any atom is -0.392 e. The maximum atomic E-state index is 9.93. The second-order valence-corrected chi connectivity index (χ2v) is 4.50. The summed E-state index contributed by atoms with van der Waals surface area (Å²) in [7, 11) is 0. The molecule has 2 unspecified atom stereocenters. The fourth-order valence-corrected chi connectivity index (χ4v) is 2.36. The number of aliphatic hydroxyl groups is 1. The predicted molar refractivity (Wildman–Crippen MR) is 61.3 cm³/mol. The zero-order valence-corrected chi connectivity index (χ0v) is 9.47. The summed E-state index contributed by atoms with van der Waals surface area (Å²) in [5, 5.41) is 13.9. The van der Waals surface area contributed by atoms with Crippen LogP contribution in [-0.2, 0) is 0 Å². The summed E-state index contributed by atoms with van der Waals surface area (Å²) in [5.41, 5.74) is 0.838. The van der Waals surface area contributed by atoms with E-state index in [-0.39, 0.29) is 12.0 Å². The quantitative estimate of drug-likeness (QED) is 0.832. The Morgan fingerprint density at radius 1 is 1.35 bits per heavy atom. The van der Waals surface area contributed by atoms with Gasteiger partial charge in [-0.3, -0.25) is 0 Å². The minimum atomic E-state index is -0.347. The molecule has 0 amide bonds. The molecule has 1 aliphatic carbocycles. The molecule has 90 valence electrons. The molecule has 0 saturated heterocycles. The van der Waals surface area contributed by atoms with E-state index in [4.69, 9.17) is 4.52 Å². The molecule has 5 heteroatoms. The maximum Gasteiger partial charge on any atom is 0.232 e. The number of rotatable bonds is 2. The van der Waals surface area contributed by atoms with Crippen LogP contribution in [0.4, 0.5) is 0 Å². The van der Waals surface area contributed by atoms with Crippen LogP contribution in [0.2, 0.25) is 0 Å². The number of aromatic amines is 1. The molecule has 3 rings (SSSR count). The number of nitrogens with zero attached hydrogens (tertiary/aromatic N) is 2. The predicted octanol–water partition coefficient (Wildman–Crippen LogP) is 2.08. The lowest BCUT2D eigenvalue weighted by Gasteiger charge is -2.24. The van der Waals surface area contributed by atoms with Gasteiger partial charge in [-0.15, -0.1) is 0 Å². The largest absolute Gasteiger partial charge is 0.392 e. The molecule has 0 aromatic carbocycles. The van der Waals surface area contributed by atoms with Crippen LogP contribution in [0.25, 0.3) is 11.5 Å². The topological polar surface area (TPSA) is 74.9 Å². The van der Waals surface area contributed by atoms with Crippen molar-refractivity contribution in [3.63, 3.8) is 0 Å². The van der Waals surface area contributed by atoms with E-state index in [0.29, 0.717) is 11.7 Å². The molecule has 1 saturated carbocycles. The number of hydrogen-bond acceptors (Lipinski definition) is 4. The maximum absolute atomic E-state index is 9.93. The van der Waals surface area contributed by atoms with Crippen molar-refractivity contribution in [2.24, 2.45) is 0 Å². The Balaban J connectivity index is 1.84. The summed E-state index contributed by atoms with van der Waals surface area (Å²) in [4.78, 5) is 7.39. The first-order valence-electron chi connectivity index (χ1n) is 6.00. The number of nitrogens with one attached hydrogen (secondary N) is 1. The number of aromatic nitrogens is 3. The number of hydrogen-bond donors (Lipinski definition) is 2. The molecule has 2 aromatic rings. The van der Waals surface area contributed by atoms with Crippen LogP contribution in [0.15, 0.2) is 22.9 Å². The SMILES string of the molecule is OC1CCCCC1c1nc(-c2ccc[nH]2)no1. The first-order valence-corrected chi connectivity index (χ1v) is 6.00. The molecule has 0 bridgehead atoms. The van der Waals surface area contributed by atoms with Gasteiger partial charge in [0, 0.05) is 6.20 Å². The summed E-state index contributed by atoms with van der Waals surface area (Å²) in [5.74, 6) is 1.12. The standard InChI is InChI=1S/C12H15N3O2/c16-10-6-2-1-4-8(10)12-14-11(15-17-12)9-5-3-7-13-9/h3,5,7-8,10,13,16H,1-2,4,6H2. The summed E-state index contributed by atoms with van der Waals surface area (Å²) in [6.07, 6.45) is 5.41. The van der Waals surface area contributed by atoms with Gasteiger partial charge in [-0.25, -0.2) is 0 Å². The molecule has 5 nitrogen and oxygen atoms in total. The Kier molecular flexibility index (Phi) is 2.68. The van der Waals surface area contributed by atoms with Gasteiger partial charge in [-0.05, 0) is 25.0 Å². The van der Waals surface area contributed by atoms with E-state index in [0.717, 1.165) is 31.4 Å². The minimum absolute atomic E-state index is 0.0000350. The normalized spacial score (nSPS) is 25.0. The molecule has 1 aliphatic rings. The molecule has 2 heterocycles. The molecule has 0 aliphatic heterocycles. The van der Waals surface area contributed by atoms with Gasteiger partial charge in [-0.2, -0.15) is 4.98 Å². The monoisotopic (exact) mass is 233 g/mol. The van der Waals surface area contributed by atoms with E-state index in [2.05, 4.69) is 15.1 Å². The average Bonchev–Trinajstić information content (AvgIpc) is 3.00. The summed E-state index contributed by atoms with van der Waals surface area (Å²) >= 11 is 0. The van der Waals surface area contributed by atoms with Crippen molar-refractivity contribution in [3.05, 3.63) is 24.2 Å². The highest BCUT2D eigenvalue weighted by Gasteiger charge is 2.29. The molecular formula is C12H15N3O2. The summed E-state index contributed by atoms with van der Waals surface area (Å²) in [6.45, 7) is 0. The smallest absolute Gasteiger partial charge is 0.232 e. The van der Waals surface area contributed by atoms with E-state index in [9.17, 15) is 5.11 Å². The molecule has 0 radical (unpaired) electrons. The second kappa shape index (κ2) is 4.33. The lowest BCUT2D eigenvalue weighted by molar-refractivity contribution is 0.0908. The zero-order valence-electron chi connectivity index (χ0n) is 9.47. The summed E-state index contributed by atoms with van der Waals surface area (Å²) < 4.78 is 5.26. The lowest BCUT2D eigenvalue weighted by Crippen LogP contribution is -2.22. The molecule has 2 atom stereocenters. The third kappa shape index (κ3) is 1.98. The van der Waals surface area contributed by atoms with Crippen LogP contribution in [0.1, 0.15) is 37.5 Å². The Labute approximate surface area is 98.9 Å². The van der Waals surface area contributed by atoms with Crippen LogP contribution < -0.4 is 0 Å². The van der Waals surface area contributed by atoms with Gasteiger partial charge in [0.25, 0.3) is 0 Å². The Bertz CT molecular complexity index is 478. The van der Waals surface area contributed by atoms with Crippen LogP contribution >= 0.6 is 0 Å². The van der Waals surface area contributed by atoms with Crippen LogP contribution in [-0.4, -0.2) is 26.3 Å². The van der Waals surface area contributed by atoms with Crippen molar-refractivity contribution in [2.45, 2.75) is 37.7 Å². The third-order valence-electron chi connectivity index (χ3n) is 3.33. The van der Waals surface area contributed by atoms with E-state index in [1.807, 2.05) is 18.3 Å². The highest BCUT2D eigenvalue weighted by atomic mass is 16.5. The first-order chi connectivity index (χ1) is 8.34. The van der Waals surface area contributed by atoms with Gasteiger partial charge < -0.3 is 14.6 Å². The Morgan fingerprint density at radius 3 is 3.00 bits per heavy atom. The van der Waals surface area contributed by atoms with Gasteiger partial charge in [0.1, 0.15) is 0 Å². The van der Waals surface area contributed by atoms with E-state index in [1.165, 1.54) is 0 Å². The van der Waals surface area contributed by atoms with Gasteiger partial charge in [0.15, 0.2) is 0 Å². The second-order valence-electron chi connectivity index (χ2n) is 4.50. The van der Waals surface area contributed by atoms with Gasteiger partial charge >= 0.3 is 0 Å². The first kappa shape index (κ1) is 10.5. The molecule has 2 aromatic heterocycles. The Hall–Kier alpha value is -1.62. The molecule has 17 heavy (non-hydrogen) atoms. The van der Waals surface area contributed by atoms with Crippen LogP contribution in [0.3, 0.4) is 0 Å². The highest BCUT2D eigenvalue weighted by molar-refractivity contribution is 5.47. The highest BCUT2D eigenvalue weighted by Crippen LogP contribution is 2.32. The molecule has 0 spiro atoms. The van der Waals surface area contributed by atoms with Crippen molar-refractivity contribution >= 4 is 0 Å². The number of H-pyrrole nitrogens is 1. The molecule has 2 N–H and O–H groups in total. The fourth-order valence-electron chi connectivity index (χ4n) is 2.36. The van der Waals surface area contributed by atoms with Crippen molar-refractivity contribution in [1.82, 2.24) is 15.1 Å². The van der Waals surface area contributed by atoms with E-state index >= 15 is 0 Å². The van der Waals surface area contributed by atoms with Crippen molar-refractivity contribution in [2.75, 3.05) is 0 Å². The van der Waals surface area contributed by atoms with E-state index in [1.54, 1.807) is 0 Å². The molecular weight excluding hydrogens is 218 g/mol. The Morgan fingerprint density at radius 2 is 2.24 bits per heavy atom. The van der Waals surface area contributed by atoms with Crippen molar-refractivity contribution < 1.29 is 9.63 Å². The van der Waals surface area contributed by atoms with Crippen molar-refractivity contribution in [3.8, 4) is 11.5 Å². The van der Waals surface area contributed by atoms with Crippen LogP contribution in [0.5, 0.6) is 0 Å². The van der Waals surface area contributed by atoms with Crippen molar-refractivity contribution in [1.29, 1.82) is 0 Å². The van der Waals surface area contributed by atoms with Crippen LogP contribution in [0, 0.1) is 0 Å². The lowest BCUT2D eigenvalue weighted by atomic mass is 9.86. The third-order valence-corrected chi connectivity index (χ3v) is 3.33. The zero-order chi connectivity index (χ0) is 11.7.